The first-order valence-corrected chi connectivity index (χ1v) is 5.17. The quantitative estimate of drug-likeness (QED) is 0.583. The van der Waals surface area contributed by atoms with Gasteiger partial charge in [0.25, 0.3) is 11.5 Å². The van der Waals surface area contributed by atoms with Crippen LogP contribution >= 0.6 is 0 Å². The zero-order chi connectivity index (χ0) is 13.0. The Morgan fingerprint density at radius 3 is 2.94 bits per heavy atom. The van der Waals surface area contributed by atoms with Gasteiger partial charge in [-0.2, -0.15) is 10.2 Å². The fourth-order valence-electron chi connectivity index (χ4n) is 1.29. The summed E-state index contributed by atoms with van der Waals surface area (Å²) in [6.45, 7) is 0. The van der Waals surface area contributed by atoms with E-state index in [1.54, 1.807) is 0 Å². The topological polar surface area (TPSA) is 92.1 Å². The van der Waals surface area contributed by atoms with E-state index in [4.69, 9.17) is 0 Å². The van der Waals surface area contributed by atoms with E-state index in [9.17, 15) is 9.59 Å². The summed E-state index contributed by atoms with van der Waals surface area (Å²) in [6.07, 6.45) is 3.39. The molecule has 0 aromatic carbocycles. The summed E-state index contributed by atoms with van der Waals surface area (Å²) < 4.78 is 1.86. The van der Waals surface area contributed by atoms with E-state index in [1.165, 1.54) is 18.3 Å². The molecule has 0 unspecified atom stereocenters. The number of hydrogen-bond acceptors (Lipinski definition) is 4. The normalized spacial score (nSPS) is 10.7. The van der Waals surface area contributed by atoms with E-state index >= 15 is 0 Å². The average molecular weight is 245 g/mol. The van der Waals surface area contributed by atoms with Gasteiger partial charge in [-0.25, -0.2) is 10.5 Å². The van der Waals surface area contributed by atoms with Crippen LogP contribution in [0, 0.1) is 0 Å². The summed E-state index contributed by atoms with van der Waals surface area (Å²) in [4.78, 5) is 22.3. The van der Waals surface area contributed by atoms with Crippen molar-refractivity contribution in [3.05, 3.63) is 52.2 Å². The van der Waals surface area contributed by atoms with Crippen molar-refractivity contribution in [1.29, 1.82) is 0 Å². The molecule has 0 aliphatic rings. The minimum absolute atomic E-state index is 0.0960. The molecule has 0 aliphatic carbocycles. The van der Waals surface area contributed by atoms with Crippen molar-refractivity contribution in [3.8, 4) is 0 Å². The molecular formula is C11H11N5O2. The van der Waals surface area contributed by atoms with Crippen LogP contribution in [-0.2, 0) is 7.05 Å². The zero-order valence-corrected chi connectivity index (χ0v) is 9.62. The van der Waals surface area contributed by atoms with Gasteiger partial charge in [0.2, 0.25) is 0 Å². The zero-order valence-electron chi connectivity index (χ0n) is 9.62. The second-order valence-electron chi connectivity index (χ2n) is 3.55. The molecule has 2 aromatic rings. The first-order chi connectivity index (χ1) is 8.66. The minimum atomic E-state index is -0.489. The molecule has 0 fully saturated rings. The van der Waals surface area contributed by atoms with E-state index in [0.717, 1.165) is 5.69 Å². The first kappa shape index (κ1) is 11.8. The van der Waals surface area contributed by atoms with Crippen molar-refractivity contribution in [2.45, 2.75) is 0 Å². The number of aromatic nitrogens is 3. The Kier molecular flexibility index (Phi) is 3.33. The van der Waals surface area contributed by atoms with E-state index in [-0.39, 0.29) is 11.3 Å². The number of hydrazone groups is 1. The highest BCUT2D eigenvalue weighted by Gasteiger charge is 2.05. The minimum Gasteiger partial charge on any atom is -0.350 e. The molecule has 0 saturated heterocycles. The van der Waals surface area contributed by atoms with E-state index in [1.807, 2.05) is 29.9 Å². The number of nitrogens with zero attached hydrogens (tertiary/aromatic N) is 3. The van der Waals surface area contributed by atoms with Gasteiger partial charge >= 0.3 is 0 Å². The number of hydrogen-bond donors (Lipinski definition) is 2. The van der Waals surface area contributed by atoms with Crippen LogP contribution in [0.1, 0.15) is 16.2 Å². The van der Waals surface area contributed by atoms with Gasteiger partial charge in [0.05, 0.1) is 11.9 Å². The monoisotopic (exact) mass is 245 g/mol. The number of rotatable bonds is 3. The Balaban J connectivity index is 2.00. The second-order valence-corrected chi connectivity index (χ2v) is 3.55. The van der Waals surface area contributed by atoms with Crippen molar-refractivity contribution in [2.24, 2.45) is 12.1 Å². The van der Waals surface area contributed by atoms with E-state index in [2.05, 4.69) is 20.7 Å². The van der Waals surface area contributed by atoms with Crippen molar-refractivity contribution in [2.75, 3.05) is 0 Å². The SMILES string of the molecule is Cn1cccc1C=NNC(=O)c1ccc(=O)[nH]n1. The molecule has 0 aliphatic heterocycles. The average Bonchev–Trinajstić information content (AvgIpc) is 2.76. The fourth-order valence-corrected chi connectivity index (χ4v) is 1.29. The first-order valence-electron chi connectivity index (χ1n) is 5.17. The van der Waals surface area contributed by atoms with Crippen LogP contribution in [0.2, 0.25) is 0 Å². The number of H-pyrrole nitrogens is 1. The Morgan fingerprint density at radius 1 is 1.50 bits per heavy atom. The number of nitrogens with one attached hydrogen (secondary N) is 2. The summed E-state index contributed by atoms with van der Waals surface area (Å²) in [6, 6.07) is 6.27. The van der Waals surface area contributed by atoms with Gasteiger partial charge in [0.1, 0.15) is 0 Å². The van der Waals surface area contributed by atoms with Crippen LogP contribution in [-0.4, -0.2) is 26.9 Å². The summed E-state index contributed by atoms with van der Waals surface area (Å²) in [5, 5.41) is 9.55. The number of aromatic amines is 1. The third-order valence-corrected chi connectivity index (χ3v) is 2.26. The number of carbonyl (C=O) groups excluding carboxylic acids is 1. The third kappa shape index (κ3) is 2.70. The third-order valence-electron chi connectivity index (χ3n) is 2.26. The van der Waals surface area contributed by atoms with Crippen molar-refractivity contribution < 1.29 is 4.79 Å². The Morgan fingerprint density at radius 2 is 2.33 bits per heavy atom. The maximum absolute atomic E-state index is 11.6. The standard InChI is InChI=1S/C11H11N5O2/c1-16-6-2-3-8(16)7-12-15-11(18)9-4-5-10(17)14-13-9/h2-7H,1H3,(H,14,17)(H,15,18). The maximum Gasteiger partial charge on any atom is 0.291 e. The summed E-state index contributed by atoms with van der Waals surface area (Å²) in [5.41, 5.74) is 2.90. The predicted octanol–water partition coefficient (Wildman–Crippen LogP) is -0.128. The lowest BCUT2D eigenvalue weighted by atomic mass is 10.4. The number of carbonyl (C=O) groups is 1. The van der Waals surface area contributed by atoms with Crippen LogP contribution in [0.5, 0.6) is 0 Å². The van der Waals surface area contributed by atoms with E-state index in [0.29, 0.717) is 0 Å². The highest BCUT2D eigenvalue weighted by atomic mass is 16.2. The molecule has 2 N–H and O–H groups in total. The highest BCUT2D eigenvalue weighted by molar-refractivity contribution is 5.92. The molecule has 7 nitrogen and oxygen atoms in total. The van der Waals surface area contributed by atoms with Gasteiger partial charge in [-0.3, -0.25) is 9.59 Å². The second kappa shape index (κ2) is 5.09. The molecule has 0 saturated carbocycles. The lowest BCUT2D eigenvalue weighted by Crippen LogP contribution is -2.21. The Bertz CT molecular complexity index is 620. The molecule has 0 bridgehead atoms. The molecule has 92 valence electrons. The predicted molar refractivity (Wildman–Crippen MR) is 65.3 cm³/mol. The van der Waals surface area contributed by atoms with E-state index < -0.39 is 5.91 Å². The van der Waals surface area contributed by atoms with Crippen molar-refractivity contribution in [3.63, 3.8) is 0 Å². The molecule has 0 spiro atoms. The largest absolute Gasteiger partial charge is 0.350 e. The summed E-state index contributed by atoms with van der Waals surface area (Å²) >= 11 is 0. The van der Waals surface area contributed by atoms with Gasteiger partial charge < -0.3 is 4.57 Å². The van der Waals surface area contributed by atoms with Crippen LogP contribution < -0.4 is 11.0 Å². The van der Waals surface area contributed by atoms with Gasteiger partial charge in [-0.05, 0) is 18.2 Å². The van der Waals surface area contributed by atoms with Crippen molar-refractivity contribution >= 4 is 12.1 Å². The fraction of sp³-hybridized carbons (Fsp3) is 0.0909. The Labute approximate surface area is 102 Å². The van der Waals surface area contributed by atoms with Gasteiger partial charge in [-0.1, -0.05) is 0 Å². The van der Waals surface area contributed by atoms with Crippen LogP contribution in [0.4, 0.5) is 0 Å². The summed E-state index contributed by atoms with van der Waals surface area (Å²) in [5.74, 6) is -0.489. The van der Waals surface area contributed by atoms with Crippen molar-refractivity contribution in [1.82, 2.24) is 20.2 Å². The molecule has 2 aromatic heterocycles. The lowest BCUT2D eigenvalue weighted by molar-refractivity contribution is 0.0949. The van der Waals surface area contributed by atoms with Gasteiger partial charge in [-0.15, -0.1) is 0 Å². The smallest absolute Gasteiger partial charge is 0.291 e. The molecule has 0 atom stereocenters. The van der Waals surface area contributed by atoms with Crippen LogP contribution in [0.3, 0.4) is 0 Å². The molecule has 1 amide bonds. The maximum atomic E-state index is 11.6. The van der Waals surface area contributed by atoms with Gasteiger partial charge in [0.15, 0.2) is 5.69 Å². The molecule has 0 radical (unpaired) electrons. The number of aryl methyl sites for hydroxylation is 1. The summed E-state index contributed by atoms with van der Waals surface area (Å²) in [7, 11) is 1.87. The molecule has 18 heavy (non-hydrogen) atoms. The molecule has 2 heterocycles. The highest BCUT2D eigenvalue weighted by Crippen LogP contribution is 1.95. The molecule has 2 rings (SSSR count). The Hall–Kier alpha value is -2.70. The van der Waals surface area contributed by atoms with Crippen LogP contribution in [0.25, 0.3) is 0 Å². The molecular weight excluding hydrogens is 234 g/mol. The molecule has 7 heteroatoms. The van der Waals surface area contributed by atoms with Gasteiger partial charge in [0, 0.05) is 19.3 Å². The lowest BCUT2D eigenvalue weighted by Gasteiger charge is -1.98. The number of amides is 1. The van der Waals surface area contributed by atoms with Crippen LogP contribution in [0.15, 0.2) is 40.4 Å².